The van der Waals surface area contributed by atoms with Crippen molar-refractivity contribution in [2.45, 2.75) is 84.0 Å². The Hall–Kier alpha value is -2.59. The first-order chi connectivity index (χ1) is 21.2. The fraction of sp³-hybridized carbons (Fsp3) is 0.389. The van der Waals surface area contributed by atoms with Gasteiger partial charge < -0.3 is 13.6 Å². The average molecular weight is 653 g/mol. The summed E-state index contributed by atoms with van der Waals surface area (Å²) in [5, 5.41) is 0. The highest BCUT2D eigenvalue weighted by molar-refractivity contribution is 7.34. The van der Waals surface area contributed by atoms with E-state index in [0.29, 0.717) is 6.61 Å². The summed E-state index contributed by atoms with van der Waals surface area (Å²) in [6, 6.07) is 35.2. The molecule has 0 fully saturated rings. The fourth-order valence-corrected chi connectivity index (χ4v) is 37.8. The number of hydrogen-bond acceptors (Lipinski definition) is 3. The van der Waals surface area contributed by atoms with Gasteiger partial charge in [0, 0.05) is 21.2 Å². The largest absolute Gasteiger partial charge is 0.547 e. The summed E-state index contributed by atoms with van der Waals surface area (Å²) in [6.45, 7) is 23.4. The Labute approximate surface area is 271 Å². The second-order valence-electron chi connectivity index (χ2n) is 9.54. The maximum Gasteiger partial charge on any atom is 0.239 e. The van der Waals surface area contributed by atoms with Gasteiger partial charge in [-0.05, 0) is 48.5 Å². The van der Waals surface area contributed by atoms with Gasteiger partial charge in [-0.3, -0.25) is 0 Å². The molecule has 0 saturated heterocycles. The Morgan fingerprint density at radius 3 is 1.72 bits per heavy atom. The molecule has 3 unspecified atom stereocenters. The molecule has 0 bridgehead atoms. The van der Waals surface area contributed by atoms with Crippen molar-refractivity contribution in [3.8, 4) is 17.2 Å². The van der Waals surface area contributed by atoms with Crippen molar-refractivity contribution in [2.24, 2.45) is 0 Å². The lowest BCUT2D eigenvalue weighted by molar-refractivity contribution is 0.334. The molecule has 0 spiro atoms. The number of para-hydroxylation sites is 3. The third-order valence-corrected chi connectivity index (χ3v) is 32.9. The topological polar surface area (TPSA) is 27.7 Å². The smallest absolute Gasteiger partial charge is 0.239 e. The molecular formula is C36H60O3Si4. The summed E-state index contributed by atoms with van der Waals surface area (Å²) in [5.74, 6) is 2.88. The maximum absolute atomic E-state index is 7.20. The highest BCUT2D eigenvalue weighted by atomic mass is 29.2. The Morgan fingerprint density at radius 2 is 1.23 bits per heavy atom. The summed E-state index contributed by atoms with van der Waals surface area (Å²) >= 11 is 0. The second kappa shape index (κ2) is 27.0. The molecule has 0 amide bonds. The van der Waals surface area contributed by atoms with Crippen LogP contribution in [0, 0.1) is 0 Å². The van der Waals surface area contributed by atoms with Crippen LogP contribution in [0.1, 0.15) is 48.5 Å². The molecule has 3 aromatic rings. The highest BCUT2D eigenvalue weighted by Gasteiger charge is 2.47. The summed E-state index contributed by atoms with van der Waals surface area (Å²) in [6.07, 6.45) is 4.29. The van der Waals surface area contributed by atoms with E-state index in [0.717, 1.165) is 41.0 Å². The third kappa shape index (κ3) is 16.2. The second-order valence-corrected chi connectivity index (χ2v) is 27.5. The van der Waals surface area contributed by atoms with Crippen LogP contribution in [0.15, 0.2) is 116 Å². The molecule has 0 aliphatic heterocycles. The zero-order chi connectivity index (χ0) is 32.2. The Bertz CT molecular complexity index is 1040. The lowest BCUT2D eigenvalue weighted by Crippen LogP contribution is -2.59. The molecule has 3 rings (SSSR count). The Kier molecular flexibility index (Phi) is 25.4. The molecule has 43 heavy (non-hydrogen) atoms. The molecular weight excluding hydrogens is 593 g/mol. The fourth-order valence-electron chi connectivity index (χ4n) is 4.90. The molecule has 0 heterocycles. The van der Waals surface area contributed by atoms with Crippen LogP contribution in [-0.4, -0.2) is 41.3 Å². The van der Waals surface area contributed by atoms with E-state index in [2.05, 4.69) is 86.8 Å². The molecule has 3 atom stereocenters. The number of hydrogen-bond donors (Lipinski definition) is 0. The van der Waals surface area contributed by atoms with Gasteiger partial charge in [-0.15, -0.1) is 13.2 Å². The molecule has 0 aliphatic carbocycles. The predicted molar refractivity (Wildman–Crippen MR) is 204 cm³/mol. The van der Waals surface area contributed by atoms with Gasteiger partial charge in [-0.25, -0.2) is 0 Å². The molecule has 7 heteroatoms. The maximum atomic E-state index is 7.20. The Balaban J connectivity index is 0.00000276. The van der Waals surface area contributed by atoms with Crippen LogP contribution in [0.5, 0.6) is 17.2 Å². The van der Waals surface area contributed by atoms with Gasteiger partial charge in [0.15, 0.2) is 0 Å². The van der Waals surface area contributed by atoms with E-state index in [1.165, 1.54) is 11.7 Å². The van der Waals surface area contributed by atoms with Crippen molar-refractivity contribution in [1.29, 1.82) is 0 Å². The summed E-state index contributed by atoms with van der Waals surface area (Å²) in [7, 11) is -5.27. The van der Waals surface area contributed by atoms with Crippen LogP contribution in [0.3, 0.4) is 0 Å². The molecule has 238 valence electrons. The van der Waals surface area contributed by atoms with Crippen LogP contribution in [0.2, 0.25) is 35.5 Å². The van der Waals surface area contributed by atoms with Crippen molar-refractivity contribution in [1.82, 2.24) is 0 Å². The van der Waals surface area contributed by atoms with Crippen LogP contribution >= 0.6 is 0 Å². The van der Waals surface area contributed by atoms with Gasteiger partial charge in [0.1, 0.15) is 17.2 Å². The molecule has 0 radical (unpaired) electrons. The van der Waals surface area contributed by atoms with E-state index < -0.39 is 25.2 Å². The predicted octanol–water partition coefficient (Wildman–Crippen LogP) is 9.75. The lowest BCUT2D eigenvalue weighted by atomic mass is 10.3. The van der Waals surface area contributed by atoms with Crippen LogP contribution < -0.4 is 13.6 Å². The van der Waals surface area contributed by atoms with Crippen LogP contribution in [-0.2, 0) is 0 Å². The van der Waals surface area contributed by atoms with Crippen LogP contribution in [0.4, 0.5) is 0 Å². The monoisotopic (exact) mass is 652 g/mol. The first-order valence-corrected chi connectivity index (χ1v) is 26.4. The van der Waals surface area contributed by atoms with E-state index >= 15 is 0 Å². The van der Waals surface area contributed by atoms with Crippen molar-refractivity contribution < 1.29 is 13.6 Å². The minimum atomic E-state index is -2.20. The van der Waals surface area contributed by atoms with Gasteiger partial charge in [-0.2, -0.15) is 0 Å². The molecule has 0 aromatic heterocycles. The Morgan fingerprint density at radius 1 is 0.721 bits per heavy atom. The molecule has 0 N–H and O–H groups in total. The van der Waals surface area contributed by atoms with E-state index in [-0.39, 0.29) is 9.52 Å². The molecule has 3 nitrogen and oxygen atoms in total. The van der Waals surface area contributed by atoms with Crippen molar-refractivity contribution >= 4 is 34.7 Å². The van der Waals surface area contributed by atoms with Gasteiger partial charge in [-0.1, -0.05) is 127 Å². The first kappa shape index (κ1) is 40.4. The zero-order valence-electron chi connectivity index (χ0n) is 28.3. The minimum absolute atomic E-state index is 0.0895. The van der Waals surface area contributed by atoms with Crippen molar-refractivity contribution in [3.05, 3.63) is 116 Å². The number of benzene rings is 3. The normalized spacial score (nSPS) is 12.8. The van der Waals surface area contributed by atoms with Gasteiger partial charge in [0.25, 0.3) is 0 Å². The SMILES string of the molecule is C=CC[SiH](C[SiH2]CC)[Si](CC=C)(C[SiH](CCOc1ccccc1)Oc1ccccc1)Oc1ccccc1.CC.CC.CC. The number of rotatable bonds is 18. The minimum Gasteiger partial charge on any atom is -0.547 e. The average Bonchev–Trinajstić information content (AvgIpc) is 3.07. The molecule has 0 aliphatic rings. The quantitative estimate of drug-likeness (QED) is 0.101. The highest BCUT2D eigenvalue weighted by Crippen LogP contribution is 2.31. The summed E-state index contributed by atoms with van der Waals surface area (Å²) in [5.41, 5.74) is 2.49. The van der Waals surface area contributed by atoms with E-state index in [4.69, 9.17) is 13.6 Å². The molecule has 0 saturated carbocycles. The number of ether oxygens (including phenoxy) is 1. The van der Waals surface area contributed by atoms with Crippen molar-refractivity contribution in [2.75, 3.05) is 6.61 Å². The van der Waals surface area contributed by atoms with E-state index in [9.17, 15) is 0 Å². The zero-order valence-corrected chi connectivity index (χ0v) is 33.0. The lowest BCUT2D eigenvalue weighted by Gasteiger charge is -2.39. The van der Waals surface area contributed by atoms with Gasteiger partial charge in [0.2, 0.25) is 16.9 Å². The van der Waals surface area contributed by atoms with Gasteiger partial charge in [0.05, 0.1) is 14.9 Å². The van der Waals surface area contributed by atoms with E-state index in [1.54, 1.807) is 0 Å². The first-order valence-electron chi connectivity index (χ1n) is 16.5. The van der Waals surface area contributed by atoms with Crippen LogP contribution in [0.25, 0.3) is 0 Å². The summed E-state index contributed by atoms with van der Waals surface area (Å²) < 4.78 is 20.2. The van der Waals surface area contributed by atoms with Crippen molar-refractivity contribution in [3.63, 3.8) is 0 Å². The third-order valence-electron chi connectivity index (χ3n) is 6.73. The van der Waals surface area contributed by atoms with E-state index in [1.807, 2.05) is 77.9 Å². The van der Waals surface area contributed by atoms with Gasteiger partial charge >= 0.3 is 0 Å². The number of allylic oxidation sites excluding steroid dienone is 2. The molecule has 3 aromatic carbocycles. The standard InChI is InChI=1S/C30H42O3Si4.3C2H6/c1-4-23-36(26-34-6-3)37(25-5-2,33-30-20-14-9-15-21-30)27-35(32-29-18-12-8-13-19-29)24-22-31-28-16-10-7-11-17-28;3*1-2/h4-5,7-21,35-36H,1-2,6,22-27,34H2,3H3;3*1-2H3. The summed E-state index contributed by atoms with van der Waals surface area (Å²) in [4.78, 5) is 0.